The second-order valence-electron chi connectivity index (χ2n) is 8.65. The summed E-state index contributed by atoms with van der Waals surface area (Å²) in [5, 5.41) is 4.17. The van der Waals surface area contributed by atoms with Gasteiger partial charge >= 0.3 is 0 Å². The van der Waals surface area contributed by atoms with Crippen LogP contribution in [0.15, 0.2) is 53.5 Å². The molecule has 2 heterocycles. The molecule has 1 aliphatic carbocycles. The lowest BCUT2D eigenvalue weighted by Crippen LogP contribution is -2.40. The highest BCUT2D eigenvalue weighted by Gasteiger charge is 2.33. The number of aliphatic imine (C=N–C) groups is 1. The summed E-state index contributed by atoms with van der Waals surface area (Å²) in [7, 11) is 0. The molecule has 2 aromatic carbocycles. The maximum absolute atomic E-state index is 13.6. The maximum Gasteiger partial charge on any atom is 0.262 e. The van der Waals surface area contributed by atoms with Gasteiger partial charge in [-0.05, 0) is 55.2 Å². The molecule has 1 saturated carbocycles. The number of nitrogens with one attached hydrogen (secondary N) is 1. The van der Waals surface area contributed by atoms with Crippen molar-refractivity contribution in [1.29, 1.82) is 0 Å². The van der Waals surface area contributed by atoms with Crippen molar-refractivity contribution >= 4 is 28.9 Å². The summed E-state index contributed by atoms with van der Waals surface area (Å²) >= 11 is 0. The van der Waals surface area contributed by atoms with Gasteiger partial charge in [0.15, 0.2) is 0 Å². The fraction of sp³-hybridized carbons (Fsp3) is 0.346. The van der Waals surface area contributed by atoms with Crippen molar-refractivity contribution in [2.45, 2.75) is 50.5 Å². The number of fused-ring (bicyclic) bond motifs is 3. The molecule has 5 rings (SSSR count). The molecule has 1 atom stereocenters. The average Bonchev–Trinajstić information content (AvgIpc) is 2.97. The van der Waals surface area contributed by atoms with E-state index in [2.05, 4.69) is 10.3 Å². The molecule has 1 aromatic heterocycles. The molecule has 32 heavy (non-hydrogen) atoms. The lowest BCUT2D eigenvalue weighted by atomic mass is 9.94. The molecule has 5 nitrogen and oxygen atoms in total. The van der Waals surface area contributed by atoms with Gasteiger partial charge in [0.1, 0.15) is 11.7 Å². The van der Waals surface area contributed by atoms with Crippen LogP contribution in [-0.2, 0) is 11.2 Å². The van der Waals surface area contributed by atoms with Crippen molar-refractivity contribution < 1.29 is 14.0 Å². The highest BCUT2D eigenvalue weighted by Crippen LogP contribution is 2.34. The number of hydrogen-bond donors (Lipinski definition) is 1. The number of amides is 1. The number of aromatic nitrogens is 1. The number of halogens is 1. The first-order valence-electron chi connectivity index (χ1n) is 11.4. The zero-order chi connectivity index (χ0) is 22.1. The number of benzene rings is 2. The van der Waals surface area contributed by atoms with Gasteiger partial charge in [-0.2, -0.15) is 0 Å². The fourth-order valence-electron chi connectivity index (χ4n) is 5.01. The first-order chi connectivity index (χ1) is 15.6. The van der Waals surface area contributed by atoms with Crippen LogP contribution in [0.4, 0.5) is 4.39 Å². The minimum atomic E-state index is -0.647. The second kappa shape index (κ2) is 8.69. The van der Waals surface area contributed by atoms with Crippen LogP contribution in [0, 0.1) is 5.82 Å². The molecular formula is C26H26FN3O2. The number of hydrogen-bond acceptors (Lipinski definition) is 3. The van der Waals surface area contributed by atoms with Crippen LogP contribution in [0.5, 0.6) is 0 Å². The van der Waals surface area contributed by atoms with Crippen molar-refractivity contribution in [3.63, 3.8) is 0 Å². The number of carbonyl (C=O) groups is 2. The lowest BCUT2D eigenvalue weighted by Gasteiger charge is -2.25. The Morgan fingerprint density at radius 3 is 2.53 bits per heavy atom. The van der Waals surface area contributed by atoms with Gasteiger partial charge in [-0.15, -0.1) is 0 Å². The standard InChI is InChI=1S/C26H26FN3O2/c27-18-12-10-17(11-13-18)26(32)30-23-9-5-4-8-20(23)21-14-15-28-16-22(24(21)30)25(31)29-19-6-2-1-3-7-19/h4-5,8-13,16,19,22H,1-3,6-7,14-15H2,(H,29,31). The molecule has 2 aliphatic rings. The number of para-hydroxylation sites is 1. The first-order valence-corrected chi connectivity index (χ1v) is 11.4. The Morgan fingerprint density at radius 1 is 1.00 bits per heavy atom. The third-order valence-electron chi connectivity index (χ3n) is 6.59. The quantitative estimate of drug-likeness (QED) is 0.657. The molecule has 0 saturated heterocycles. The van der Waals surface area contributed by atoms with Gasteiger partial charge in [0.2, 0.25) is 5.91 Å². The zero-order valence-corrected chi connectivity index (χ0v) is 17.9. The van der Waals surface area contributed by atoms with Crippen molar-refractivity contribution in [3.8, 4) is 0 Å². The summed E-state index contributed by atoms with van der Waals surface area (Å²) in [5.41, 5.74) is 2.80. The van der Waals surface area contributed by atoms with Crippen molar-refractivity contribution in [2.75, 3.05) is 6.54 Å². The predicted molar refractivity (Wildman–Crippen MR) is 123 cm³/mol. The van der Waals surface area contributed by atoms with Crippen LogP contribution in [0.25, 0.3) is 10.9 Å². The van der Waals surface area contributed by atoms with Crippen molar-refractivity contribution in [1.82, 2.24) is 9.88 Å². The van der Waals surface area contributed by atoms with Gasteiger partial charge in [0, 0.05) is 35.4 Å². The molecule has 164 valence electrons. The monoisotopic (exact) mass is 431 g/mol. The van der Waals surface area contributed by atoms with Crippen LogP contribution in [0.1, 0.15) is 59.6 Å². The van der Waals surface area contributed by atoms with E-state index < -0.39 is 11.7 Å². The smallest absolute Gasteiger partial charge is 0.262 e. The Hall–Kier alpha value is -3.28. The summed E-state index contributed by atoms with van der Waals surface area (Å²) < 4.78 is 15.1. The molecule has 1 amide bonds. The summed E-state index contributed by atoms with van der Waals surface area (Å²) in [6, 6.07) is 13.4. The van der Waals surface area contributed by atoms with Crippen LogP contribution in [0.3, 0.4) is 0 Å². The summed E-state index contributed by atoms with van der Waals surface area (Å²) in [6.07, 6.45) is 7.78. The number of rotatable bonds is 3. The summed E-state index contributed by atoms with van der Waals surface area (Å²) in [4.78, 5) is 31.6. The highest BCUT2D eigenvalue weighted by atomic mass is 19.1. The molecule has 1 fully saturated rings. The van der Waals surface area contributed by atoms with Gasteiger partial charge in [-0.1, -0.05) is 37.5 Å². The van der Waals surface area contributed by atoms with Gasteiger partial charge in [-0.3, -0.25) is 19.1 Å². The largest absolute Gasteiger partial charge is 0.352 e. The molecule has 0 radical (unpaired) electrons. The van der Waals surface area contributed by atoms with E-state index in [4.69, 9.17) is 0 Å². The van der Waals surface area contributed by atoms with E-state index in [1.54, 1.807) is 10.8 Å². The highest BCUT2D eigenvalue weighted by molar-refractivity contribution is 6.08. The Labute approximate surface area is 186 Å². The van der Waals surface area contributed by atoms with Crippen molar-refractivity contribution in [3.05, 3.63) is 71.2 Å². The first kappa shape index (κ1) is 20.6. The lowest BCUT2D eigenvalue weighted by molar-refractivity contribution is -0.122. The predicted octanol–water partition coefficient (Wildman–Crippen LogP) is 4.63. The van der Waals surface area contributed by atoms with E-state index >= 15 is 0 Å². The molecule has 0 bridgehead atoms. The minimum Gasteiger partial charge on any atom is -0.352 e. The third kappa shape index (κ3) is 3.74. The van der Waals surface area contributed by atoms with E-state index in [1.807, 2.05) is 24.3 Å². The number of carbonyl (C=O) groups excluding carboxylic acids is 2. The normalized spacial score (nSPS) is 18.8. The summed E-state index contributed by atoms with van der Waals surface area (Å²) in [5.74, 6) is -1.42. The van der Waals surface area contributed by atoms with E-state index in [0.29, 0.717) is 24.2 Å². The van der Waals surface area contributed by atoms with E-state index in [1.165, 1.54) is 30.7 Å². The molecule has 0 spiro atoms. The molecule has 6 heteroatoms. The molecule has 3 aromatic rings. The van der Waals surface area contributed by atoms with Gasteiger partial charge in [0.05, 0.1) is 5.52 Å². The van der Waals surface area contributed by atoms with Crippen molar-refractivity contribution in [2.24, 2.45) is 4.99 Å². The molecular weight excluding hydrogens is 405 g/mol. The Kier molecular flexibility index (Phi) is 5.60. The Morgan fingerprint density at radius 2 is 1.75 bits per heavy atom. The number of nitrogens with zero attached hydrogens (tertiary/aromatic N) is 2. The van der Waals surface area contributed by atoms with Gasteiger partial charge < -0.3 is 5.32 Å². The zero-order valence-electron chi connectivity index (χ0n) is 17.9. The topological polar surface area (TPSA) is 63.5 Å². The molecule has 1 N–H and O–H groups in total. The van der Waals surface area contributed by atoms with Gasteiger partial charge in [-0.25, -0.2) is 4.39 Å². The minimum absolute atomic E-state index is 0.111. The van der Waals surface area contributed by atoms with Gasteiger partial charge in [0.25, 0.3) is 5.91 Å². The average molecular weight is 432 g/mol. The van der Waals surface area contributed by atoms with E-state index in [0.717, 1.165) is 42.1 Å². The third-order valence-corrected chi connectivity index (χ3v) is 6.59. The van der Waals surface area contributed by atoms with E-state index in [-0.39, 0.29) is 17.9 Å². The maximum atomic E-state index is 13.6. The van der Waals surface area contributed by atoms with Crippen LogP contribution in [-0.4, -0.2) is 35.2 Å². The fourth-order valence-corrected chi connectivity index (χ4v) is 5.01. The molecule has 1 unspecified atom stereocenters. The van der Waals surface area contributed by atoms with Crippen LogP contribution in [0.2, 0.25) is 0 Å². The van der Waals surface area contributed by atoms with Crippen LogP contribution < -0.4 is 5.32 Å². The molecule has 1 aliphatic heterocycles. The van der Waals surface area contributed by atoms with Crippen LogP contribution >= 0.6 is 0 Å². The summed E-state index contributed by atoms with van der Waals surface area (Å²) in [6.45, 7) is 0.568. The second-order valence-corrected chi connectivity index (χ2v) is 8.65. The Bertz CT molecular complexity index is 1190. The Balaban J connectivity index is 1.62. The SMILES string of the molecule is O=C(NC1CCCCC1)C1C=NCCc2c1n(C(=O)c1ccc(F)cc1)c1ccccc21. The van der Waals surface area contributed by atoms with E-state index in [9.17, 15) is 14.0 Å².